The molecule has 3 heteroatoms. The summed E-state index contributed by atoms with van der Waals surface area (Å²) >= 11 is 6.06. The largest absolute Gasteiger partial charge is 0.496 e. The summed E-state index contributed by atoms with van der Waals surface area (Å²) in [6.07, 6.45) is 1.09. The van der Waals surface area contributed by atoms with Gasteiger partial charge in [0, 0.05) is 22.5 Å². The van der Waals surface area contributed by atoms with Crippen LogP contribution in [0.4, 0.5) is 0 Å². The Kier molecular flexibility index (Phi) is 2.67. The van der Waals surface area contributed by atoms with E-state index in [1.807, 2.05) is 18.2 Å². The molecular formula is C13H18ClNO. The first-order valence-corrected chi connectivity index (χ1v) is 5.89. The third-order valence-corrected chi connectivity index (χ3v) is 4.17. The SMILES string of the molecule is COc1ccc(Cl)cc1C1(CN)CC1(C)C. The van der Waals surface area contributed by atoms with E-state index < -0.39 is 0 Å². The van der Waals surface area contributed by atoms with Crippen LogP contribution in [0.2, 0.25) is 5.02 Å². The molecule has 1 atom stereocenters. The summed E-state index contributed by atoms with van der Waals surface area (Å²) in [4.78, 5) is 0. The van der Waals surface area contributed by atoms with Crippen LogP contribution in [0.3, 0.4) is 0 Å². The molecule has 0 aromatic heterocycles. The highest BCUT2D eigenvalue weighted by molar-refractivity contribution is 6.30. The van der Waals surface area contributed by atoms with Gasteiger partial charge in [-0.05, 0) is 30.0 Å². The summed E-state index contributed by atoms with van der Waals surface area (Å²) in [7, 11) is 1.69. The van der Waals surface area contributed by atoms with Gasteiger partial charge in [0.15, 0.2) is 0 Å². The first-order valence-electron chi connectivity index (χ1n) is 5.51. The molecule has 0 amide bonds. The van der Waals surface area contributed by atoms with Crippen molar-refractivity contribution in [1.82, 2.24) is 0 Å². The van der Waals surface area contributed by atoms with Crippen molar-refractivity contribution in [2.24, 2.45) is 11.1 Å². The quantitative estimate of drug-likeness (QED) is 0.880. The summed E-state index contributed by atoms with van der Waals surface area (Å²) in [6, 6.07) is 5.76. The van der Waals surface area contributed by atoms with Crippen LogP contribution in [0.25, 0.3) is 0 Å². The molecule has 0 aliphatic heterocycles. The van der Waals surface area contributed by atoms with E-state index in [1.165, 1.54) is 0 Å². The number of nitrogens with two attached hydrogens (primary N) is 1. The third-order valence-electron chi connectivity index (χ3n) is 3.94. The van der Waals surface area contributed by atoms with Gasteiger partial charge in [-0.3, -0.25) is 0 Å². The van der Waals surface area contributed by atoms with Gasteiger partial charge < -0.3 is 10.5 Å². The Morgan fingerprint density at radius 2 is 2.06 bits per heavy atom. The number of ether oxygens (including phenoxy) is 1. The van der Waals surface area contributed by atoms with E-state index in [9.17, 15) is 0 Å². The van der Waals surface area contributed by atoms with Crippen molar-refractivity contribution in [1.29, 1.82) is 0 Å². The van der Waals surface area contributed by atoms with E-state index >= 15 is 0 Å². The van der Waals surface area contributed by atoms with Crippen molar-refractivity contribution in [3.05, 3.63) is 28.8 Å². The van der Waals surface area contributed by atoms with E-state index in [0.717, 1.165) is 22.8 Å². The first-order chi connectivity index (χ1) is 7.47. The molecule has 2 nitrogen and oxygen atoms in total. The summed E-state index contributed by atoms with van der Waals surface area (Å²) in [5.41, 5.74) is 7.37. The Morgan fingerprint density at radius 1 is 1.44 bits per heavy atom. The summed E-state index contributed by atoms with van der Waals surface area (Å²) in [6.45, 7) is 5.11. The average Bonchev–Trinajstić information content (AvgIpc) is 2.82. The fraction of sp³-hybridized carbons (Fsp3) is 0.538. The third kappa shape index (κ3) is 1.52. The van der Waals surface area contributed by atoms with Crippen LogP contribution in [0.15, 0.2) is 18.2 Å². The monoisotopic (exact) mass is 239 g/mol. The molecule has 2 N–H and O–H groups in total. The number of halogens is 1. The molecule has 88 valence electrons. The molecule has 1 saturated carbocycles. The minimum Gasteiger partial charge on any atom is -0.496 e. The number of methoxy groups -OCH3 is 1. The smallest absolute Gasteiger partial charge is 0.122 e. The molecule has 1 unspecified atom stereocenters. The Bertz CT molecular complexity index is 416. The van der Waals surface area contributed by atoms with Crippen molar-refractivity contribution in [3.63, 3.8) is 0 Å². The molecule has 1 aliphatic carbocycles. The molecule has 0 bridgehead atoms. The fourth-order valence-electron chi connectivity index (χ4n) is 2.68. The Morgan fingerprint density at radius 3 is 2.50 bits per heavy atom. The second kappa shape index (κ2) is 3.64. The fourth-order valence-corrected chi connectivity index (χ4v) is 2.85. The van der Waals surface area contributed by atoms with Crippen LogP contribution in [0.5, 0.6) is 5.75 Å². The number of hydrogen-bond donors (Lipinski definition) is 1. The summed E-state index contributed by atoms with van der Waals surface area (Å²) < 4.78 is 5.41. The van der Waals surface area contributed by atoms with Gasteiger partial charge in [0.05, 0.1) is 7.11 Å². The normalized spacial score (nSPS) is 26.6. The van der Waals surface area contributed by atoms with Crippen LogP contribution < -0.4 is 10.5 Å². The van der Waals surface area contributed by atoms with Crippen LogP contribution >= 0.6 is 11.6 Å². The van der Waals surface area contributed by atoms with E-state index in [0.29, 0.717) is 6.54 Å². The van der Waals surface area contributed by atoms with Gasteiger partial charge in [-0.2, -0.15) is 0 Å². The lowest BCUT2D eigenvalue weighted by atomic mass is 9.87. The van der Waals surface area contributed by atoms with Gasteiger partial charge in [0.1, 0.15) is 5.75 Å². The highest BCUT2D eigenvalue weighted by atomic mass is 35.5. The van der Waals surface area contributed by atoms with Crippen LogP contribution in [-0.2, 0) is 5.41 Å². The van der Waals surface area contributed by atoms with Gasteiger partial charge in [0.2, 0.25) is 0 Å². The molecule has 16 heavy (non-hydrogen) atoms. The Balaban J connectivity index is 2.51. The standard InChI is InChI=1S/C13H18ClNO/c1-12(2)7-13(12,8-15)10-6-9(14)4-5-11(10)16-3/h4-6H,7-8,15H2,1-3H3. The molecule has 0 heterocycles. The van der Waals surface area contributed by atoms with Gasteiger partial charge in [-0.25, -0.2) is 0 Å². The molecule has 1 aliphatic rings. The number of rotatable bonds is 3. The highest BCUT2D eigenvalue weighted by Gasteiger charge is 2.62. The molecule has 1 aromatic rings. The topological polar surface area (TPSA) is 35.2 Å². The summed E-state index contributed by atoms with van der Waals surface area (Å²) in [5.74, 6) is 0.889. The molecular weight excluding hydrogens is 222 g/mol. The zero-order valence-corrected chi connectivity index (χ0v) is 10.8. The molecule has 2 rings (SSSR count). The van der Waals surface area contributed by atoms with Crippen molar-refractivity contribution in [3.8, 4) is 5.75 Å². The Labute approximate surface area is 102 Å². The number of hydrogen-bond acceptors (Lipinski definition) is 2. The number of benzene rings is 1. The predicted octanol–water partition coefficient (Wildman–Crippen LogP) is 2.98. The van der Waals surface area contributed by atoms with Crippen molar-refractivity contribution < 1.29 is 4.74 Å². The zero-order valence-electron chi connectivity index (χ0n) is 10.0. The second-order valence-corrected chi connectivity index (χ2v) is 5.63. The average molecular weight is 240 g/mol. The van der Waals surface area contributed by atoms with E-state index in [1.54, 1.807) is 7.11 Å². The minimum absolute atomic E-state index is 0.0310. The lowest BCUT2D eigenvalue weighted by Gasteiger charge is -2.21. The van der Waals surface area contributed by atoms with Crippen LogP contribution in [-0.4, -0.2) is 13.7 Å². The zero-order chi connectivity index (χ0) is 12.0. The highest BCUT2D eigenvalue weighted by Crippen LogP contribution is 2.65. The molecule has 0 radical (unpaired) electrons. The lowest BCUT2D eigenvalue weighted by Crippen LogP contribution is -2.25. The lowest BCUT2D eigenvalue weighted by molar-refractivity contribution is 0.395. The van der Waals surface area contributed by atoms with Crippen LogP contribution in [0.1, 0.15) is 25.8 Å². The van der Waals surface area contributed by atoms with Crippen molar-refractivity contribution in [2.45, 2.75) is 25.7 Å². The molecule has 0 spiro atoms. The summed E-state index contributed by atoms with van der Waals surface area (Å²) in [5, 5.41) is 0.742. The molecule has 1 fully saturated rings. The van der Waals surface area contributed by atoms with E-state index in [2.05, 4.69) is 13.8 Å². The van der Waals surface area contributed by atoms with Crippen molar-refractivity contribution in [2.75, 3.05) is 13.7 Å². The molecule has 0 saturated heterocycles. The predicted molar refractivity (Wildman–Crippen MR) is 67.1 cm³/mol. The maximum Gasteiger partial charge on any atom is 0.122 e. The maximum absolute atomic E-state index is 6.06. The van der Waals surface area contributed by atoms with Gasteiger partial charge in [-0.15, -0.1) is 0 Å². The minimum atomic E-state index is 0.0310. The Hall–Kier alpha value is -0.730. The van der Waals surface area contributed by atoms with E-state index in [4.69, 9.17) is 22.1 Å². The van der Waals surface area contributed by atoms with Gasteiger partial charge in [-0.1, -0.05) is 25.4 Å². The van der Waals surface area contributed by atoms with E-state index in [-0.39, 0.29) is 10.8 Å². The van der Waals surface area contributed by atoms with Crippen LogP contribution in [0, 0.1) is 5.41 Å². The van der Waals surface area contributed by atoms with Gasteiger partial charge in [0.25, 0.3) is 0 Å². The first kappa shape index (κ1) is 11.7. The van der Waals surface area contributed by atoms with Crippen molar-refractivity contribution >= 4 is 11.6 Å². The maximum atomic E-state index is 6.06. The second-order valence-electron chi connectivity index (χ2n) is 5.19. The van der Waals surface area contributed by atoms with Gasteiger partial charge >= 0.3 is 0 Å². The molecule has 1 aromatic carbocycles.